The van der Waals surface area contributed by atoms with E-state index in [-0.39, 0.29) is 5.60 Å². The third-order valence-corrected chi connectivity index (χ3v) is 5.20. The van der Waals surface area contributed by atoms with Crippen LogP contribution in [0.5, 0.6) is 0 Å². The molecule has 1 heterocycles. The largest absolute Gasteiger partial charge is 0.371 e. The normalized spacial score (nSPS) is 13.6. The zero-order valence-electron chi connectivity index (χ0n) is 16.3. The summed E-state index contributed by atoms with van der Waals surface area (Å²) in [5.41, 5.74) is 2.25. The number of nitrogens with zero attached hydrogens (tertiary/aromatic N) is 2. The van der Waals surface area contributed by atoms with Gasteiger partial charge in [0, 0.05) is 24.0 Å². The summed E-state index contributed by atoms with van der Waals surface area (Å²) >= 11 is 6.00. The van der Waals surface area contributed by atoms with Gasteiger partial charge in [-0.1, -0.05) is 66.2 Å². The third kappa shape index (κ3) is 6.66. The molecular formula is C24H27ClN2O. The van der Waals surface area contributed by atoms with E-state index in [1.165, 1.54) is 11.1 Å². The highest BCUT2D eigenvalue weighted by Gasteiger charge is 2.24. The number of rotatable bonds is 10. The van der Waals surface area contributed by atoms with E-state index in [1.54, 1.807) is 0 Å². The summed E-state index contributed by atoms with van der Waals surface area (Å²) < 4.78 is 8.45. The number of ether oxygens (including phenoxy) is 1. The van der Waals surface area contributed by atoms with E-state index in [1.807, 2.05) is 49.1 Å². The third-order valence-electron chi connectivity index (χ3n) is 4.95. The van der Waals surface area contributed by atoms with Gasteiger partial charge in [0.25, 0.3) is 0 Å². The summed E-state index contributed by atoms with van der Waals surface area (Å²) in [6, 6.07) is 18.4. The molecule has 0 spiro atoms. The number of imidazole rings is 1. The Balaban J connectivity index is 1.59. The van der Waals surface area contributed by atoms with Crippen molar-refractivity contribution < 1.29 is 4.74 Å². The van der Waals surface area contributed by atoms with E-state index in [9.17, 15) is 0 Å². The second-order valence-corrected chi connectivity index (χ2v) is 7.69. The van der Waals surface area contributed by atoms with E-state index >= 15 is 0 Å². The van der Waals surface area contributed by atoms with Crippen molar-refractivity contribution in [2.75, 3.05) is 6.61 Å². The molecule has 0 saturated heterocycles. The second kappa shape index (κ2) is 10.3. The molecule has 0 N–H and O–H groups in total. The Hall–Kier alpha value is -2.36. The van der Waals surface area contributed by atoms with Crippen molar-refractivity contribution in [2.24, 2.45) is 0 Å². The molecule has 0 radical (unpaired) electrons. The van der Waals surface area contributed by atoms with Crippen molar-refractivity contribution in [3.8, 4) is 0 Å². The minimum absolute atomic E-state index is 0.217. The van der Waals surface area contributed by atoms with Gasteiger partial charge in [0.1, 0.15) is 0 Å². The van der Waals surface area contributed by atoms with Gasteiger partial charge < -0.3 is 9.30 Å². The first kappa shape index (κ1) is 20.4. The number of hydrogen-bond acceptors (Lipinski definition) is 2. The van der Waals surface area contributed by atoms with Crippen LogP contribution in [0.2, 0.25) is 5.02 Å². The first-order valence-corrected chi connectivity index (χ1v) is 10.1. The van der Waals surface area contributed by atoms with Gasteiger partial charge in [0.2, 0.25) is 0 Å². The minimum atomic E-state index is -0.217. The topological polar surface area (TPSA) is 27.1 Å². The Morgan fingerprint density at radius 2 is 1.86 bits per heavy atom. The SMILES string of the molecule is CC(CCc1ccc(Cl)cc1)(CCn1ccnc1)OC/C=C/c1ccccc1. The highest BCUT2D eigenvalue weighted by Crippen LogP contribution is 2.24. The fraction of sp³-hybridized carbons (Fsp3) is 0.292. The summed E-state index contributed by atoms with van der Waals surface area (Å²) in [7, 11) is 0. The molecule has 0 bridgehead atoms. The number of aromatic nitrogens is 2. The number of halogens is 1. The van der Waals surface area contributed by atoms with Crippen molar-refractivity contribution in [1.82, 2.24) is 9.55 Å². The Labute approximate surface area is 172 Å². The van der Waals surface area contributed by atoms with Gasteiger partial charge in [-0.05, 0) is 49.4 Å². The van der Waals surface area contributed by atoms with Crippen LogP contribution in [-0.4, -0.2) is 21.8 Å². The van der Waals surface area contributed by atoms with Gasteiger partial charge in [-0.2, -0.15) is 0 Å². The molecule has 1 atom stereocenters. The molecule has 0 saturated carbocycles. The average molecular weight is 395 g/mol. The van der Waals surface area contributed by atoms with Crippen LogP contribution in [-0.2, 0) is 17.7 Å². The van der Waals surface area contributed by atoms with Crippen LogP contribution in [0, 0.1) is 0 Å². The van der Waals surface area contributed by atoms with E-state index in [0.717, 1.165) is 30.8 Å². The van der Waals surface area contributed by atoms with E-state index < -0.39 is 0 Å². The summed E-state index contributed by atoms with van der Waals surface area (Å²) in [5.74, 6) is 0. The van der Waals surface area contributed by atoms with Crippen molar-refractivity contribution >= 4 is 17.7 Å². The maximum absolute atomic E-state index is 6.35. The molecule has 146 valence electrons. The molecule has 3 rings (SSSR count). The first-order chi connectivity index (χ1) is 13.6. The number of hydrogen-bond donors (Lipinski definition) is 0. The number of benzene rings is 2. The van der Waals surface area contributed by atoms with Gasteiger partial charge in [-0.3, -0.25) is 0 Å². The summed E-state index contributed by atoms with van der Waals surface area (Å²) in [6.45, 7) is 3.69. The quantitative estimate of drug-likeness (QED) is 0.418. The maximum Gasteiger partial charge on any atom is 0.0945 e. The molecule has 0 amide bonds. The first-order valence-electron chi connectivity index (χ1n) is 9.69. The summed E-state index contributed by atoms with van der Waals surface area (Å²) in [6.07, 6.45) is 12.7. The lowest BCUT2D eigenvalue weighted by molar-refractivity contribution is -0.0314. The lowest BCUT2D eigenvalue weighted by Gasteiger charge is -2.30. The summed E-state index contributed by atoms with van der Waals surface area (Å²) in [5, 5.41) is 0.772. The standard InChI is InChI=1S/C24H27ClN2O/c1-24(15-17-27-18-16-26-20-27,14-13-22-9-11-23(25)12-10-22)28-19-5-8-21-6-3-2-4-7-21/h2-12,16,18,20H,13-15,17,19H2,1H3/b8-5+. The fourth-order valence-electron chi connectivity index (χ4n) is 3.11. The van der Waals surface area contributed by atoms with Crippen LogP contribution in [0.1, 0.15) is 30.9 Å². The van der Waals surface area contributed by atoms with E-state index in [2.05, 4.69) is 52.9 Å². The smallest absolute Gasteiger partial charge is 0.0945 e. The molecule has 1 aromatic heterocycles. The van der Waals surface area contributed by atoms with Crippen LogP contribution >= 0.6 is 11.6 Å². The lowest BCUT2D eigenvalue weighted by atomic mass is 9.93. The molecule has 4 heteroatoms. The fourth-order valence-corrected chi connectivity index (χ4v) is 3.24. The van der Waals surface area contributed by atoms with Crippen LogP contribution < -0.4 is 0 Å². The molecule has 0 aliphatic rings. The average Bonchev–Trinajstić information content (AvgIpc) is 3.24. The van der Waals surface area contributed by atoms with Gasteiger partial charge >= 0.3 is 0 Å². The van der Waals surface area contributed by atoms with E-state index in [4.69, 9.17) is 16.3 Å². The highest BCUT2D eigenvalue weighted by atomic mass is 35.5. The van der Waals surface area contributed by atoms with E-state index in [0.29, 0.717) is 6.61 Å². The molecule has 0 fully saturated rings. The van der Waals surface area contributed by atoms with Crippen LogP contribution in [0.3, 0.4) is 0 Å². The Morgan fingerprint density at radius 3 is 2.57 bits per heavy atom. The second-order valence-electron chi connectivity index (χ2n) is 7.25. The predicted molar refractivity (Wildman–Crippen MR) is 116 cm³/mol. The molecule has 28 heavy (non-hydrogen) atoms. The van der Waals surface area contributed by atoms with Crippen molar-refractivity contribution in [3.63, 3.8) is 0 Å². The molecule has 2 aromatic carbocycles. The molecule has 3 nitrogen and oxygen atoms in total. The van der Waals surface area contributed by atoms with Crippen molar-refractivity contribution in [2.45, 2.75) is 38.3 Å². The Morgan fingerprint density at radius 1 is 1.07 bits per heavy atom. The zero-order valence-corrected chi connectivity index (χ0v) is 17.1. The molecule has 3 aromatic rings. The molecule has 0 aliphatic carbocycles. The predicted octanol–water partition coefficient (Wildman–Crippen LogP) is 6.05. The molecule has 1 unspecified atom stereocenters. The number of aryl methyl sites for hydroxylation is 2. The van der Waals surface area contributed by atoms with Gasteiger partial charge in [-0.25, -0.2) is 4.98 Å². The molecule has 0 aliphatic heterocycles. The molecular weight excluding hydrogens is 368 g/mol. The zero-order chi connectivity index (χ0) is 19.7. The lowest BCUT2D eigenvalue weighted by Crippen LogP contribution is -2.31. The Bertz CT molecular complexity index is 844. The minimum Gasteiger partial charge on any atom is -0.371 e. The monoisotopic (exact) mass is 394 g/mol. The van der Waals surface area contributed by atoms with Crippen molar-refractivity contribution in [1.29, 1.82) is 0 Å². The van der Waals surface area contributed by atoms with Crippen LogP contribution in [0.4, 0.5) is 0 Å². The van der Waals surface area contributed by atoms with Crippen molar-refractivity contribution in [3.05, 3.63) is 95.5 Å². The Kier molecular flexibility index (Phi) is 7.46. The van der Waals surface area contributed by atoms with Gasteiger partial charge in [0.15, 0.2) is 0 Å². The van der Waals surface area contributed by atoms with Crippen LogP contribution in [0.25, 0.3) is 6.08 Å². The van der Waals surface area contributed by atoms with Crippen LogP contribution in [0.15, 0.2) is 79.4 Å². The van der Waals surface area contributed by atoms with Gasteiger partial charge in [0.05, 0.1) is 18.5 Å². The maximum atomic E-state index is 6.35. The summed E-state index contributed by atoms with van der Waals surface area (Å²) in [4.78, 5) is 4.13. The van der Waals surface area contributed by atoms with Gasteiger partial charge in [-0.15, -0.1) is 0 Å². The highest BCUT2D eigenvalue weighted by molar-refractivity contribution is 6.30.